The number of aromatic nitrogens is 1. The summed E-state index contributed by atoms with van der Waals surface area (Å²) in [6, 6.07) is 8.38. The SMILES string of the molecule is CC1C(Cl)CCC1Cc1nc2ccccc2s1. The van der Waals surface area contributed by atoms with Gasteiger partial charge >= 0.3 is 0 Å². The van der Waals surface area contributed by atoms with Crippen LogP contribution in [-0.2, 0) is 6.42 Å². The number of para-hydroxylation sites is 1. The van der Waals surface area contributed by atoms with E-state index in [1.807, 2.05) is 11.3 Å². The van der Waals surface area contributed by atoms with E-state index in [0.29, 0.717) is 11.3 Å². The maximum atomic E-state index is 6.29. The summed E-state index contributed by atoms with van der Waals surface area (Å²) in [5, 5.41) is 1.64. The zero-order valence-electron chi connectivity index (χ0n) is 9.90. The van der Waals surface area contributed by atoms with E-state index in [1.54, 1.807) is 0 Å². The number of alkyl halides is 1. The molecule has 0 spiro atoms. The number of nitrogens with zero attached hydrogens (tertiary/aromatic N) is 1. The predicted octanol–water partition coefficient (Wildman–Crippen LogP) is 4.49. The van der Waals surface area contributed by atoms with E-state index in [1.165, 1.54) is 16.1 Å². The average molecular weight is 266 g/mol. The van der Waals surface area contributed by atoms with Crippen LogP contribution in [-0.4, -0.2) is 10.4 Å². The fourth-order valence-electron chi connectivity index (χ4n) is 2.71. The Morgan fingerprint density at radius 3 is 2.88 bits per heavy atom. The molecule has 3 heteroatoms. The van der Waals surface area contributed by atoms with Gasteiger partial charge in [0.15, 0.2) is 0 Å². The lowest BCUT2D eigenvalue weighted by Gasteiger charge is -2.15. The van der Waals surface area contributed by atoms with E-state index in [-0.39, 0.29) is 0 Å². The number of hydrogen-bond donors (Lipinski definition) is 0. The topological polar surface area (TPSA) is 12.9 Å². The van der Waals surface area contributed by atoms with Gasteiger partial charge in [0.25, 0.3) is 0 Å². The monoisotopic (exact) mass is 265 g/mol. The lowest BCUT2D eigenvalue weighted by molar-refractivity contribution is 0.419. The summed E-state index contributed by atoms with van der Waals surface area (Å²) in [5.41, 5.74) is 1.14. The summed E-state index contributed by atoms with van der Waals surface area (Å²) < 4.78 is 1.30. The third-order valence-corrected chi connectivity index (χ3v) is 5.58. The lowest BCUT2D eigenvalue weighted by atomic mass is 9.95. The van der Waals surface area contributed by atoms with Crippen molar-refractivity contribution in [1.29, 1.82) is 0 Å². The van der Waals surface area contributed by atoms with Crippen LogP contribution in [0.25, 0.3) is 10.2 Å². The van der Waals surface area contributed by atoms with E-state index in [9.17, 15) is 0 Å². The van der Waals surface area contributed by atoms with Gasteiger partial charge in [-0.05, 0) is 36.8 Å². The van der Waals surface area contributed by atoms with Crippen molar-refractivity contribution in [3.63, 3.8) is 0 Å². The van der Waals surface area contributed by atoms with E-state index >= 15 is 0 Å². The molecule has 3 unspecified atom stereocenters. The zero-order valence-corrected chi connectivity index (χ0v) is 11.5. The highest BCUT2D eigenvalue weighted by Crippen LogP contribution is 2.38. The minimum atomic E-state index is 0.370. The second-order valence-electron chi connectivity index (χ2n) is 4.99. The first-order chi connectivity index (χ1) is 8.24. The highest BCUT2D eigenvalue weighted by molar-refractivity contribution is 7.18. The van der Waals surface area contributed by atoms with Crippen molar-refractivity contribution in [3.8, 4) is 0 Å². The number of halogens is 1. The fraction of sp³-hybridized carbons (Fsp3) is 0.500. The Kier molecular flexibility index (Phi) is 3.10. The average Bonchev–Trinajstić information content (AvgIpc) is 2.87. The first-order valence-electron chi connectivity index (χ1n) is 6.22. The van der Waals surface area contributed by atoms with Crippen LogP contribution in [0.15, 0.2) is 24.3 Å². The lowest BCUT2D eigenvalue weighted by Crippen LogP contribution is -2.13. The Morgan fingerprint density at radius 2 is 2.18 bits per heavy atom. The van der Waals surface area contributed by atoms with Gasteiger partial charge in [-0.15, -0.1) is 22.9 Å². The fourth-order valence-corrected chi connectivity index (χ4v) is 4.11. The molecule has 1 aliphatic carbocycles. The summed E-state index contributed by atoms with van der Waals surface area (Å²) >= 11 is 8.12. The Hall–Kier alpha value is -0.600. The molecule has 1 nitrogen and oxygen atoms in total. The summed E-state index contributed by atoms with van der Waals surface area (Å²) in [6.07, 6.45) is 3.52. The molecule has 1 aromatic carbocycles. The molecule has 17 heavy (non-hydrogen) atoms. The van der Waals surface area contributed by atoms with Crippen LogP contribution >= 0.6 is 22.9 Å². The van der Waals surface area contributed by atoms with E-state index in [4.69, 9.17) is 16.6 Å². The Morgan fingerprint density at radius 1 is 1.35 bits per heavy atom. The van der Waals surface area contributed by atoms with E-state index < -0.39 is 0 Å². The summed E-state index contributed by atoms with van der Waals surface area (Å²) in [5.74, 6) is 1.35. The molecule has 0 radical (unpaired) electrons. The van der Waals surface area contributed by atoms with Crippen molar-refractivity contribution in [1.82, 2.24) is 4.98 Å². The van der Waals surface area contributed by atoms with Crippen molar-refractivity contribution in [2.24, 2.45) is 11.8 Å². The van der Waals surface area contributed by atoms with Gasteiger partial charge in [0.2, 0.25) is 0 Å². The molecule has 0 aliphatic heterocycles. The zero-order chi connectivity index (χ0) is 11.8. The molecule has 0 bridgehead atoms. The molecule has 1 aliphatic rings. The Balaban J connectivity index is 1.81. The highest BCUT2D eigenvalue weighted by atomic mass is 35.5. The molecular weight excluding hydrogens is 250 g/mol. The van der Waals surface area contributed by atoms with Crippen LogP contribution in [0.1, 0.15) is 24.8 Å². The van der Waals surface area contributed by atoms with Gasteiger partial charge in [0.1, 0.15) is 0 Å². The van der Waals surface area contributed by atoms with Gasteiger partial charge in [-0.2, -0.15) is 0 Å². The molecule has 90 valence electrons. The number of fused-ring (bicyclic) bond motifs is 1. The number of rotatable bonds is 2. The van der Waals surface area contributed by atoms with Gasteiger partial charge in [-0.1, -0.05) is 19.1 Å². The number of hydrogen-bond acceptors (Lipinski definition) is 2. The van der Waals surface area contributed by atoms with E-state index in [2.05, 4.69) is 31.2 Å². The van der Waals surface area contributed by atoms with Crippen LogP contribution < -0.4 is 0 Å². The van der Waals surface area contributed by atoms with Crippen LogP contribution in [0.2, 0.25) is 0 Å². The molecular formula is C14H16ClNS. The molecule has 1 fully saturated rings. The van der Waals surface area contributed by atoms with Crippen LogP contribution in [0.5, 0.6) is 0 Å². The van der Waals surface area contributed by atoms with Crippen LogP contribution in [0.4, 0.5) is 0 Å². The molecule has 3 atom stereocenters. The molecule has 0 N–H and O–H groups in total. The molecule has 1 aromatic heterocycles. The second kappa shape index (κ2) is 4.58. The van der Waals surface area contributed by atoms with Gasteiger partial charge < -0.3 is 0 Å². The second-order valence-corrected chi connectivity index (χ2v) is 6.67. The van der Waals surface area contributed by atoms with Gasteiger partial charge in [0, 0.05) is 11.8 Å². The van der Waals surface area contributed by atoms with Gasteiger partial charge in [-0.3, -0.25) is 0 Å². The smallest absolute Gasteiger partial charge is 0.0941 e. The van der Waals surface area contributed by atoms with Crippen LogP contribution in [0, 0.1) is 11.8 Å². The molecule has 1 heterocycles. The molecule has 2 aromatic rings. The quantitative estimate of drug-likeness (QED) is 0.729. The molecule has 1 saturated carbocycles. The van der Waals surface area contributed by atoms with Gasteiger partial charge in [0.05, 0.1) is 15.2 Å². The van der Waals surface area contributed by atoms with E-state index in [0.717, 1.165) is 24.3 Å². The Bertz CT molecular complexity index is 489. The summed E-state index contributed by atoms with van der Waals surface area (Å²) in [6.45, 7) is 2.28. The van der Waals surface area contributed by atoms with Crippen LogP contribution in [0.3, 0.4) is 0 Å². The van der Waals surface area contributed by atoms with Crippen molar-refractivity contribution in [2.75, 3.05) is 0 Å². The third-order valence-electron chi connectivity index (χ3n) is 3.90. The molecule has 3 rings (SSSR count). The standard InChI is InChI=1S/C14H16ClNS/c1-9-10(6-7-11(9)15)8-14-16-12-4-2-3-5-13(12)17-14/h2-5,9-11H,6-8H2,1H3. The normalized spacial score (nSPS) is 28.9. The molecule has 0 saturated heterocycles. The minimum absolute atomic E-state index is 0.370. The van der Waals surface area contributed by atoms with Crippen molar-refractivity contribution in [2.45, 2.75) is 31.6 Å². The summed E-state index contributed by atoms with van der Waals surface area (Å²) in [4.78, 5) is 4.71. The molecule has 0 amide bonds. The van der Waals surface area contributed by atoms with Crippen molar-refractivity contribution < 1.29 is 0 Å². The number of thiazole rings is 1. The maximum Gasteiger partial charge on any atom is 0.0941 e. The first kappa shape index (κ1) is 11.5. The van der Waals surface area contributed by atoms with Crippen molar-refractivity contribution in [3.05, 3.63) is 29.3 Å². The maximum absolute atomic E-state index is 6.29. The number of benzene rings is 1. The predicted molar refractivity (Wildman–Crippen MR) is 74.9 cm³/mol. The summed E-state index contributed by atoms with van der Waals surface area (Å²) in [7, 11) is 0. The van der Waals surface area contributed by atoms with Gasteiger partial charge in [-0.25, -0.2) is 4.98 Å². The highest BCUT2D eigenvalue weighted by Gasteiger charge is 2.31. The third kappa shape index (κ3) is 2.21. The first-order valence-corrected chi connectivity index (χ1v) is 7.48. The largest absolute Gasteiger partial charge is 0.241 e. The minimum Gasteiger partial charge on any atom is -0.241 e. The van der Waals surface area contributed by atoms with Crippen molar-refractivity contribution >= 4 is 33.2 Å². The Labute approximate surface area is 111 Å².